The number of hydrogen-bond acceptors (Lipinski definition) is 3. The lowest BCUT2D eigenvalue weighted by Crippen LogP contribution is -2.06. The van der Waals surface area contributed by atoms with Crippen molar-refractivity contribution >= 4 is 55.6 Å². The van der Waals surface area contributed by atoms with Gasteiger partial charge in [0.25, 0.3) is 0 Å². The maximum Gasteiger partial charge on any atom is 0.337 e. The van der Waals surface area contributed by atoms with Gasteiger partial charge in [0.2, 0.25) is 6.41 Å². The number of carbonyl (C=O) groups excluding carboxylic acids is 1. The minimum atomic E-state index is -0.908. The molecular formula is C8H9Br2NO3S. The molecule has 15 heavy (non-hydrogen) atoms. The summed E-state index contributed by atoms with van der Waals surface area (Å²) in [4.78, 5) is 21.3. The van der Waals surface area contributed by atoms with Crippen molar-refractivity contribution in [3.8, 4) is 0 Å². The maximum absolute atomic E-state index is 10.4. The summed E-state index contributed by atoms with van der Waals surface area (Å²) in [6, 6.07) is 1.57. The van der Waals surface area contributed by atoms with E-state index in [0.29, 0.717) is 9.35 Å². The predicted molar refractivity (Wildman–Crippen MR) is 66.4 cm³/mol. The lowest BCUT2D eigenvalue weighted by Gasteiger charge is -1.93. The number of carbonyl (C=O) groups is 2. The van der Waals surface area contributed by atoms with E-state index in [1.165, 1.54) is 16.2 Å². The molecule has 7 heteroatoms. The molecule has 0 saturated heterocycles. The molecule has 0 fully saturated rings. The fourth-order valence-electron chi connectivity index (χ4n) is 0.486. The molecule has 0 unspecified atom stereocenters. The highest BCUT2D eigenvalue weighted by atomic mass is 79.9. The van der Waals surface area contributed by atoms with Crippen LogP contribution in [0.2, 0.25) is 0 Å². The van der Waals surface area contributed by atoms with Gasteiger partial charge >= 0.3 is 5.97 Å². The molecule has 84 valence electrons. The average Bonchev–Trinajstić information content (AvgIpc) is 2.46. The van der Waals surface area contributed by atoms with Crippen molar-refractivity contribution < 1.29 is 14.7 Å². The molecule has 0 aromatic carbocycles. The Kier molecular flexibility index (Phi) is 6.78. The van der Waals surface area contributed by atoms with E-state index in [9.17, 15) is 9.59 Å². The number of nitrogens with zero attached hydrogens (tertiary/aromatic N) is 1. The van der Waals surface area contributed by atoms with E-state index in [2.05, 4.69) is 31.9 Å². The van der Waals surface area contributed by atoms with Crippen molar-refractivity contribution in [1.82, 2.24) is 4.90 Å². The molecule has 1 amide bonds. The molecule has 0 saturated carbocycles. The lowest BCUT2D eigenvalue weighted by molar-refractivity contribution is -0.115. The molecule has 1 rings (SSSR count). The van der Waals surface area contributed by atoms with Crippen LogP contribution >= 0.6 is 43.2 Å². The number of carboxylic acid groups (broad SMARTS) is 1. The van der Waals surface area contributed by atoms with E-state index in [0.717, 1.165) is 10.2 Å². The second kappa shape index (κ2) is 6.97. The van der Waals surface area contributed by atoms with Gasteiger partial charge in [0, 0.05) is 14.1 Å². The van der Waals surface area contributed by atoms with E-state index >= 15 is 0 Å². The zero-order valence-corrected chi connectivity index (χ0v) is 12.0. The highest BCUT2D eigenvalue weighted by Crippen LogP contribution is 2.31. The van der Waals surface area contributed by atoms with E-state index in [1.807, 2.05) is 0 Å². The van der Waals surface area contributed by atoms with Crippen LogP contribution in [0.15, 0.2) is 13.6 Å². The largest absolute Gasteiger partial charge is 0.478 e. The van der Waals surface area contributed by atoms with Gasteiger partial charge in [0.15, 0.2) is 0 Å². The van der Waals surface area contributed by atoms with Crippen molar-refractivity contribution in [3.63, 3.8) is 0 Å². The highest BCUT2D eigenvalue weighted by molar-refractivity contribution is 9.12. The number of thiophene rings is 1. The Balaban J connectivity index is 0.000000336. The monoisotopic (exact) mass is 357 g/mol. The summed E-state index contributed by atoms with van der Waals surface area (Å²) in [6.07, 6.45) is 0.750. The first-order valence-corrected chi connectivity index (χ1v) is 6.08. The van der Waals surface area contributed by atoms with Gasteiger partial charge in [-0.1, -0.05) is 0 Å². The molecule has 0 aliphatic heterocycles. The van der Waals surface area contributed by atoms with Crippen LogP contribution in [-0.4, -0.2) is 36.5 Å². The van der Waals surface area contributed by atoms with Crippen molar-refractivity contribution in [2.24, 2.45) is 0 Å². The topological polar surface area (TPSA) is 57.6 Å². The van der Waals surface area contributed by atoms with Gasteiger partial charge in [-0.05, 0) is 37.9 Å². The molecule has 0 atom stereocenters. The number of halogens is 2. The van der Waals surface area contributed by atoms with Crippen LogP contribution in [0.4, 0.5) is 0 Å². The van der Waals surface area contributed by atoms with Crippen LogP contribution in [0.5, 0.6) is 0 Å². The smallest absolute Gasteiger partial charge is 0.337 e. The molecule has 1 N–H and O–H groups in total. The van der Waals surface area contributed by atoms with Crippen molar-refractivity contribution in [2.45, 2.75) is 0 Å². The van der Waals surface area contributed by atoms with E-state index in [-0.39, 0.29) is 0 Å². The Bertz CT molecular complexity index is 352. The SMILES string of the molecule is CN(C)C=O.O=C(O)c1cc(Br)sc1Br. The molecular weight excluding hydrogens is 350 g/mol. The Hall–Kier alpha value is -0.400. The van der Waals surface area contributed by atoms with E-state index in [4.69, 9.17) is 5.11 Å². The number of hydrogen-bond donors (Lipinski definition) is 1. The maximum atomic E-state index is 10.4. The fraction of sp³-hybridized carbons (Fsp3) is 0.250. The Morgan fingerprint density at radius 2 is 2.00 bits per heavy atom. The Morgan fingerprint density at radius 3 is 2.13 bits per heavy atom. The van der Waals surface area contributed by atoms with Crippen LogP contribution in [0.1, 0.15) is 10.4 Å². The van der Waals surface area contributed by atoms with E-state index < -0.39 is 5.97 Å². The molecule has 0 aliphatic carbocycles. The first-order valence-electron chi connectivity index (χ1n) is 3.68. The quantitative estimate of drug-likeness (QED) is 0.827. The van der Waals surface area contributed by atoms with Crippen LogP contribution < -0.4 is 0 Å². The van der Waals surface area contributed by atoms with Crippen LogP contribution in [0.25, 0.3) is 0 Å². The Morgan fingerprint density at radius 1 is 1.53 bits per heavy atom. The second-order valence-corrected chi connectivity index (χ2v) is 6.36. The van der Waals surface area contributed by atoms with Gasteiger partial charge in [0.05, 0.1) is 13.1 Å². The minimum absolute atomic E-state index is 0.303. The number of aromatic carboxylic acids is 1. The standard InChI is InChI=1S/C5H2Br2O2S.C3H7NO/c6-3-1-2(5(8)9)4(7)10-3;1-4(2)3-5/h1H,(H,8,9);3H,1-2H3. The van der Waals surface area contributed by atoms with Gasteiger partial charge < -0.3 is 10.0 Å². The number of carboxylic acids is 1. The van der Waals surface area contributed by atoms with Crippen LogP contribution in [-0.2, 0) is 4.79 Å². The third-order valence-corrected chi connectivity index (χ3v) is 3.44. The molecule has 0 bridgehead atoms. The average molecular weight is 359 g/mol. The van der Waals surface area contributed by atoms with Gasteiger partial charge in [-0.3, -0.25) is 4.79 Å². The summed E-state index contributed by atoms with van der Waals surface area (Å²) in [6.45, 7) is 0. The molecule has 0 aliphatic rings. The summed E-state index contributed by atoms with van der Waals surface area (Å²) >= 11 is 7.65. The first-order chi connectivity index (χ1) is 6.88. The van der Waals surface area contributed by atoms with Gasteiger partial charge in [-0.25, -0.2) is 4.79 Å². The summed E-state index contributed by atoms with van der Waals surface area (Å²) in [5, 5.41) is 8.53. The molecule has 1 heterocycles. The molecule has 1 aromatic heterocycles. The number of amides is 1. The second-order valence-electron chi connectivity index (χ2n) is 2.61. The van der Waals surface area contributed by atoms with Crippen molar-refractivity contribution in [2.75, 3.05) is 14.1 Å². The highest BCUT2D eigenvalue weighted by Gasteiger charge is 2.10. The fourth-order valence-corrected chi connectivity index (χ4v) is 3.26. The summed E-state index contributed by atoms with van der Waals surface area (Å²) in [5.74, 6) is -0.908. The van der Waals surface area contributed by atoms with Crippen LogP contribution in [0, 0.1) is 0 Å². The van der Waals surface area contributed by atoms with Gasteiger partial charge in [-0.15, -0.1) is 11.3 Å². The lowest BCUT2D eigenvalue weighted by atomic mass is 10.4. The summed E-state index contributed by atoms with van der Waals surface area (Å²) in [5.41, 5.74) is 0.303. The number of rotatable bonds is 2. The van der Waals surface area contributed by atoms with Gasteiger partial charge in [-0.2, -0.15) is 0 Å². The van der Waals surface area contributed by atoms with E-state index in [1.54, 1.807) is 20.2 Å². The van der Waals surface area contributed by atoms with Crippen LogP contribution in [0.3, 0.4) is 0 Å². The molecule has 0 spiro atoms. The zero-order chi connectivity index (χ0) is 12.0. The zero-order valence-electron chi connectivity index (χ0n) is 8.03. The summed E-state index contributed by atoms with van der Waals surface area (Å²) in [7, 11) is 3.38. The Labute approximate surface area is 108 Å². The van der Waals surface area contributed by atoms with Crippen molar-refractivity contribution in [3.05, 3.63) is 19.2 Å². The first kappa shape index (κ1) is 14.6. The molecule has 1 aromatic rings. The van der Waals surface area contributed by atoms with Gasteiger partial charge in [0.1, 0.15) is 0 Å². The minimum Gasteiger partial charge on any atom is -0.478 e. The molecule has 4 nitrogen and oxygen atoms in total. The predicted octanol–water partition coefficient (Wildman–Crippen LogP) is 2.68. The summed E-state index contributed by atoms with van der Waals surface area (Å²) < 4.78 is 1.46. The third-order valence-electron chi connectivity index (χ3n) is 1.10. The normalized spacial score (nSPS) is 8.80. The van der Waals surface area contributed by atoms with Crippen molar-refractivity contribution in [1.29, 1.82) is 0 Å². The third kappa shape index (κ3) is 5.91. The molecule has 0 radical (unpaired) electrons.